The molecular formula is C11H22N2O2. The molecule has 0 spiro atoms. The molecule has 4 heteroatoms. The van der Waals surface area contributed by atoms with Crippen LogP contribution in [-0.2, 0) is 9.53 Å². The van der Waals surface area contributed by atoms with E-state index < -0.39 is 0 Å². The maximum Gasteiger partial charge on any atom is 0.239 e. The molecule has 0 aromatic heterocycles. The van der Waals surface area contributed by atoms with Gasteiger partial charge in [0, 0.05) is 6.54 Å². The van der Waals surface area contributed by atoms with Crippen LogP contribution in [0.1, 0.15) is 33.1 Å². The van der Waals surface area contributed by atoms with Gasteiger partial charge in [0.25, 0.3) is 0 Å². The van der Waals surface area contributed by atoms with Gasteiger partial charge in [0.15, 0.2) is 0 Å². The summed E-state index contributed by atoms with van der Waals surface area (Å²) >= 11 is 0. The molecule has 0 aromatic rings. The van der Waals surface area contributed by atoms with Crippen LogP contribution in [0.25, 0.3) is 0 Å². The molecule has 0 saturated carbocycles. The predicted octanol–water partition coefficient (Wildman–Crippen LogP) is 0.751. The summed E-state index contributed by atoms with van der Waals surface area (Å²) < 4.78 is 5.36. The molecule has 88 valence electrons. The van der Waals surface area contributed by atoms with E-state index >= 15 is 0 Å². The summed E-state index contributed by atoms with van der Waals surface area (Å²) in [6.45, 7) is 6.10. The van der Waals surface area contributed by atoms with Gasteiger partial charge in [-0.1, -0.05) is 20.3 Å². The standard InChI is InChI=1S/C11H22N2O2/c1-3-5-10(12)11(14)13-6-7-15-8-9(13)4-2/h9-10H,3-8,12H2,1-2H3. The molecule has 1 heterocycles. The molecular weight excluding hydrogens is 192 g/mol. The zero-order valence-electron chi connectivity index (χ0n) is 9.74. The van der Waals surface area contributed by atoms with Gasteiger partial charge in [0.1, 0.15) is 0 Å². The second-order valence-electron chi connectivity index (χ2n) is 4.06. The Morgan fingerprint density at radius 3 is 2.93 bits per heavy atom. The number of nitrogens with zero attached hydrogens (tertiary/aromatic N) is 1. The van der Waals surface area contributed by atoms with E-state index in [1.807, 2.05) is 11.8 Å². The van der Waals surface area contributed by atoms with E-state index in [9.17, 15) is 4.79 Å². The molecule has 4 nitrogen and oxygen atoms in total. The van der Waals surface area contributed by atoms with Crippen LogP contribution in [0.4, 0.5) is 0 Å². The van der Waals surface area contributed by atoms with Crippen molar-refractivity contribution in [2.75, 3.05) is 19.8 Å². The molecule has 2 unspecified atom stereocenters. The molecule has 2 N–H and O–H groups in total. The molecule has 2 atom stereocenters. The van der Waals surface area contributed by atoms with Gasteiger partial charge in [-0.2, -0.15) is 0 Å². The fourth-order valence-corrected chi connectivity index (χ4v) is 1.93. The van der Waals surface area contributed by atoms with Gasteiger partial charge in [-0.05, 0) is 12.8 Å². The van der Waals surface area contributed by atoms with Crippen molar-refractivity contribution in [3.63, 3.8) is 0 Å². The van der Waals surface area contributed by atoms with Crippen molar-refractivity contribution in [2.45, 2.75) is 45.2 Å². The van der Waals surface area contributed by atoms with E-state index in [1.54, 1.807) is 0 Å². The van der Waals surface area contributed by atoms with Gasteiger partial charge in [0.05, 0.1) is 25.3 Å². The minimum absolute atomic E-state index is 0.0898. The Morgan fingerprint density at radius 1 is 1.60 bits per heavy atom. The minimum Gasteiger partial charge on any atom is -0.377 e. The van der Waals surface area contributed by atoms with Crippen molar-refractivity contribution in [1.82, 2.24) is 4.90 Å². The summed E-state index contributed by atoms with van der Waals surface area (Å²) in [5.74, 6) is 0.0898. The van der Waals surface area contributed by atoms with Crippen LogP contribution in [0.5, 0.6) is 0 Å². The third-order valence-corrected chi connectivity index (χ3v) is 2.90. The number of carbonyl (C=O) groups excluding carboxylic acids is 1. The Balaban J connectivity index is 2.55. The van der Waals surface area contributed by atoms with Crippen LogP contribution in [-0.4, -0.2) is 42.6 Å². The Bertz CT molecular complexity index is 209. The Morgan fingerprint density at radius 2 is 2.33 bits per heavy atom. The molecule has 0 aromatic carbocycles. The lowest BCUT2D eigenvalue weighted by atomic mass is 10.1. The molecule has 15 heavy (non-hydrogen) atoms. The fraction of sp³-hybridized carbons (Fsp3) is 0.909. The van der Waals surface area contributed by atoms with Crippen LogP contribution in [0.3, 0.4) is 0 Å². The van der Waals surface area contributed by atoms with Crippen LogP contribution < -0.4 is 5.73 Å². The molecule has 1 saturated heterocycles. The first-order valence-corrected chi connectivity index (χ1v) is 5.84. The first-order valence-electron chi connectivity index (χ1n) is 5.84. The van der Waals surface area contributed by atoms with E-state index in [0.717, 1.165) is 19.3 Å². The first-order chi connectivity index (χ1) is 7.20. The Kier molecular flexibility index (Phi) is 5.05. The number of ether oxygens (including phenoxy) is 1. The Hall–Kier alpha value is -0.610. The average Bonchev–Trinajstić information content (AvgIpc) is 2.28. The van der Waals surface area contributed by atoms with Gasteiger partial charge in [-0.15, -0.1) is 0 Å². The number of hydrogen-bond acceptors (Lipinski definition) is 3. The summed E-state index contributed by atoms with van der Waals surface area (Å²) in [5, 5.41) is 0. The molecule has 1 amide bonds. The van der Waals surface area contributed by atoms with Crippen molar-refractivity contribution in [1.29, 1.82) is 0 Å². The highest BCUT2D eigenvalue weighted by Gasteiger charge is 2.28. The molecule has 1 rings (SSSR count). The number of morpholine rings is 1. The number of nitrogens with two attached hydrogens (primary N) is 1. The van der Waals surface area contributed by atoms with Crippen molar-refractivity contribution < 1.29 is 9.53 Å². The third kappa shape index (κ3) is 3.18. The van der Waals surface area contributed by atoms with Gasteiger partial charge < -0.3 is 15.4 Å². The molecule has 0 radical (unpaired) electrons. The van der Waals surface area contributed by atoms with E-state index in [0.29, 0.717) is 19.8 Å². The molecule has 1 aliphatic heterocycles. The highest BCUT2D eigenvalue weighted by atomic mass is 16.5. The van der Waals surface area contributed by atoms with Gasteiger partial charge in [0.2, 0.25) is 5.91 Å². The summed E-state index contributed by atoms with van der Waals surface area (Å²) in [7, 11) is 0. The maximum atomic E-state index is 12.0. The lowest BCUT2D eigenvalue weighted by Gasteiger charge is -2.36. The highest BCUT2D eigenvalue weighted by molar-refractivity contribution is 5.82. The largest absolute Gasteiger partial charge is 0.377 e. The zero-order valence-corrected chi connectivity index (χ0v) is 9.74. The maximum absolute atomic E-state index is 12.0. The second-order valence-corrected chi connectivity index (χ2v) is 4.06. The van der Waals surface area contributed by atoms with Crippen molar-refractivity contribution in [2.24, 2.45) is 5.73 Å². The lowest BCUT2D eigenvalue weighted by molar-refractivity contribution is -0.141. The van der Waals surface area contributed by atoms with Crippen LogP contribution in [0, 0.1) is 0 Å². The number of carbonyl (C=O) groups is 1. The molecule has 0 bridgehead atoms. The van der Waals surface area contributed by atoms with Crippen molar-refractivity contribution >= 4 is 5.91 Å². The summed E-state index contributed by atoms with van der Waals surface area (Å²) in [6.07, 6.45) is 2.66. The van der Waals surface area contributed by atoms with Gasteiger partial charge >= 0.3 is 0 Å². The minimum atomic E-state index is -0.331. The SMILES string of the molecule is CCCC(N)C(=O)N1CCOCC1CC. The number of rotatable bonds is 4. The van der Waals surface area contributed by atoms with Crippen LogP contribution in [0.2, 0.25) is 0 Å². The van der Waals surface area contributed by atoms with Crippen LogP contribution in [0.15, 0.2) is 0 Å². The number of amides is 1. The monoisotopic (exact) mass is 214 g/mol. The Labute approximate surface area is 91.8 Å². The van der Waals surface area contributed by atoms with E-state index in [-0.39, 0.29) is 18.0 Å². The average molecular weight is 214 g/mol. The summed E-state index contributed by atoms with van der Waals surface area (Å²) in [5.41, 5.74) is 5.84. The van der Waals surface area contributed by atoms with Gasteiger partial charge in [-0.3, -0.25) is 4.79 Å². The summed E-state index contributed by atoms with van der Waals surface area (Å²) in [4.78, 5) is 13.9. The van der Waals surface area contributed by atoms with Crippen molar-refractivity contribution in [3.8, 4) is 0 Å². The quantitative estimate of drug-likeness (QED) is 0.751. The smallest absolute Gasteiger partial charge is 0.239 e. The predicted molar refractivity (Wildman–Crippen MR) is 59.5 cm³/mol. The topological polar surface area (TPSA) is 55.6 Å². The van der Waals surface area contributed by atoms with E-state index in [4.69, 9.17) is 10.5 Å². The van der Waals surface area contributed by atoms with E-state index in [2.05, 4.69) is 6.92 Å². The summed E-state index contributed by atoms with van der Waals surface area (Å²) in [6, 6.07) is -0.115. The lowest BCUT2D eigenvalue weighted by Crippen LogP contribution is -2.53. The normalized spacial score (nSPS) is 23.9. The fourth-order valence-electron chi connectivity index (χ4n) is 1.93. The molecule has 1 fully saturated rings. The molecule has 0 aliphatic carbocycles. The van der Waals surface area contributed by atoms with Crippen molar-refractivity contribution in [3.05, 3.63) is 0 Å². The first kappa shape index (κ1) is 12.5. The van der Waals surface area contributed by atoms with Gasteiger partial charge in [-0.25, -0.2) is 0 Å². The van der Waals surface area contributed by atoms with E-state index in [1.165, 1.54) is 0 Å². The second kappa shape index (κ2) is 6.08. The third-order valence-electron chi connectivity index (χ3n) is 2.90. The number of hydrogen-bond donors (Lipinski definition) is 1. The highest BCUT2D eigenvalue weighted by Crippen LogP contribution is 2.12. The zero-order chi connectivity index (χ0) is 11.3. The van der Waals surface area contributed by atoms with Crippen LogP contribution >= 0.6 is 0 Å². The molecule has 1 aliphatic rings.